The highest BCUT2D eigenvalue weighted by molar-refractivity contribution is 5.85. The van der Waals surface area contributed by atoms with Crippen LogP contribution in [0.1, 0.15) is 18.4 Å². The third-order valence-corrected chi connectivity index (χ3v) is 2.76. The summed E-state index contributed by atoms with van der Waals surface area (Å²) in [7, 11) is 0. The third-order valence-electron chi connectivity index (χ3n) is 2.76. The van der Waals surface area contributed by atoms with Crippen molar-refractivity contribution >= 4 is 10.8 Å². The summed E-state index contributed by atoms with van der Waals surface area (Å²) in [5, 5.41) is 1.57. The second kappa shape index (κ2) is 5.03. The van der Waals surface area contributed by atoms with Crippen molar-refractivity contribution in [1.82, 2.24) is 4.98 Å². The number of pyridine rings is 1. The summed E-state index contributed by atoms with van der Waals surface area (Å²) in [5.74, 6) is -0.203. The van der Waals surface area contributed by atoms with Crippen molar-refractivity contribution in [3.05, 3.63) is 42.0 Å². The van der Waals surface area contributed by atoms with Crippen LogP contribution in [-0.2, 0) is 6.42 Å². The normalized spacial score (nSPS) is 10.9. The van der Waals surface area contributed by atoms with Gasteiger partial charge in [-0.05, 0) is 48.9 Å². The first-order chi connectivity index (χ1) is 7.83. The average Bonchev–Trinajstić information content (AvgIpc) is 2.33. The van der Waals surface area contributed by atoms with E-state index in [0.29, 0.717) is 11.9 Å². The number of fused-ring (bicyclic) bond motifs is 1. The second-order valence-corrected chi connectivity index (χ2v) is 3.87. The fourth-order valence-electron chi connectivity index (χ4n) is 1.90. The molecule has 3 heteroatoms. The molecule has 0 spiro atoms. The molecular weight excluding hydrogens is 203 g/mol. The summed E-state index contributed by atoms with van der Waals surface area (Å²) in [6.45, 7) is 0.709. The first-order valence-corrected chi connectivity index (χ1v) is 5.54. The molecule has 0 fully saturated rings. The van der Waals surface area contributed by atoms with Crippen LogP contribution in [0.5, 0.6) is 0 Å². The Kier molecular flexibility index (Phi) is 3.47. The van der Waals surface area contributed by atoms with Gasteiger partial charge in [0, 0.05) is 17.8 Å². The highest BCUT2D eigenvalue weighted by atomic mass is 19.1. The van der Waals surface area contributed by atoms with Crippen LogP contribution in [-0.4, -0.2) is 11.5 Å². The molecule has 1 aromatic heterocycles. The highest BCUT2D eigenvalue weighted by Crippen LogP contribution is 2.22. The Balaban J connectivity index is 2.35. The molecule has 2 nitrogen and oxygen atoms in total. The van der Waals surface area contributed by atoms with Crippen molar-refractivity contribution in [2.75, 3.05) is 6.54 Å². The molecule has 2 rings (SSSR count). The maximum absolute atomic E-state index is 13.5. The predicted molar refractivity (Wildman–Crippen MR) is 63.7 cm³/mol. The molecule has 1 aromatic carbocycles. The van der Waals surface area contributed by atoms with Gasteiger partial charge in [0.2, 0.25) is 0 Å². The van der Waals surface area contributed by atoms with Gasteiger partial charge < -0.3 is 5.73 Å². The van der Waals surface area contributed by atoms with E-state index in [0.717, 1.165) is 24.6 Å². The average molecular weight is 218 g/mol. The van der Waals surface area contributed by atoms with Gasteiger partial charge in [-0.2, -0.15) is 0 Å². The molecule has 0 saturated carbocycles. The summed E-state index contributed by atoms with van der Waals surface area (Å²) in [4.78, 5) is 3.95. The van der Waals surface area contributed by atoms with Gasteiger partial charge in [-0.1, -0.05) is 6.07 Å². The van der Waals surface area contributed by atoms with Crippen LogP contribution in [0.4, 0.5) is 4.39 Å². The highest BCUT2D eigenvalue weighted by Gasteiger charge is 2.05. The van der Waals surface area contributed by atoms with E-state index < -0.39 is 0 Å². The zero-order chi connectivity index (χ0) is 11.4. The number of nitrogens with two attached hydrogens (primary N) is 1. The molecule has 0 aliphatic rings. The predicted octanol–water partition coefficient (Wildman–Crippen LogP) is 2.66. The third kappa shape index (κ3) is 2.19. The number of aryl methyl sites for hydroxylation is 1. The van der Waals surface area contributed by atoms with E-state index in [9.17, 15) is 4.39 Å². The number of hydrogen-bond donors (Lipinski definition) is 1. The van der Waals surface area contributed by atoms with Crippen molar-refractivity contribution < 1.29 is 4.39 Å². The fourth-order valence-corrected chi connectivity index (χ4v) is 1.90. The molecule has 0 aliphatic heterocycles. The Morgan fingerprint density at radius 2 is 2.00 bits per heavy atom. The number of hydrogen-bond acceptors (Lipinski definition) is 2. The lowest BCUT2D eigenvalue weighted by Crippen LogP contribution is -1.99. The molecule has 2 N–H and O–H groups in total. The van der Waals surface area contributed by atoms with Crippen LogP contribution in [0.25, 0.3) is 10.8 Å². The second-order valence-electron chi connectivity index (χ2n) is 3.87. The maximum Gasteiger partial charge on any atom is 0.132 e. The van der Waals surface area contributed by atoms with E-state index in [2.05, 4.69) is 4.98 Å². The van der Waals surface area contributed by atoms with Crippen LogP contribution in [0, 0.1) is 5.82 Å². The monoisotopic (exact) mass is 218 g/mol. The molecule has 84 valence electrons. The number of benzene rings is 1. The fraction of sp³-hybridized carbons (Fsp3) is 0.308. The number of halogens is 1. The molecule has 0 unspecified atom stereocenters. The molecule has 0 bridgehead atoms. The van der Waals surface area contributed by atoms with E-state index >= 15 is 0 Å². The SMILES string of the molecule is NCCCCc1ccc(F)c2cnccc12. The Morgan fingerprint density at radius 1 is 1.12 bits per heavy atom. The molecule has 1 heterocycles. The Bertz CT molecular complexity index is 482. The number of unbranched alkanes of at least 4 members (excludes halogenated alkanes) is 1. The van der Waals surface area contributed by atoms with Gasteiger partial charge in [0.15, 0.2) is 0 Å². The van der Waals surface area contributed by atoms with Crippen molar-refractivity contribution in [3.63, 3.8) is 0 Å². The van der Waals surface area contributed by atoms with Crippen molar-refractivity contribution in [1.29, 1.82) is 0 Å². The topological polar surface area (TPSA) is 38.9 Å². The van der Waals surface area contributed by atoms with Gasteiger partial charge in [-0.3, -0.25) is 4.98 Å². The molecule has 2 aromatic rings. The summed E-state index contributed by atoms with van der Waals surface area (Å²) >= 11 is 0. The van der Waals surface area contributed by atoms with E-state index in [4.69, 9.17) is 5.73 Å². The van der Waals surface area contributed by atoms with E-state index in [1.54, 1.807) is 12.4 Å². The minimum Gasteiger partial charge on any atom is -0.330 e. The summed E-state index contributed by atoms with van der Waals surface area (Å²) < 4.78 is 13.5. The molecule has 16 heavy (non-hydrogen) atoms. The molecular formula is C13H15FN2. The van der Waals surface area contributed by atoms with Crippen LogP contribution in [0.3, 0.4) is 0 Å². The zero-order valence-electron chi connectivity index (χ0n) is 9.12. The van der Waals surface area contributed by atoms with Gasteiger partial charge >= 0.3 is 0 Å². The lowest BCUT2D eigenvalue weighted by atomic mass is 10.0. The lowest BCUT2D eigenvalue weighted by molar-refractivity contribution is 0.638. The standard InChI is InChI=1S/C13H15FN2/c14-13-5-4-10(3-1-2-7-15)11-6-8-16-9-12(11)13/h4-6,8-9H,1-3,7,15H2. The number of rotatable bonds is 4. The van der Waals surface area contributed by atoms with Gasteiger partial charge in [0.1, 0.15) is 5.82 Å². The zero-order valence-corrected chi connectivity index (χ0v) is 9.12. The van der Waals surface area contributed by atoms with Crippen molar-refractivity contribution in [2.45, 2.75) is 19.3 Å². The lowest BCUT2D eigenvalue weighted by Gasteiger charge is -2.06. The Hall–Kier alpha value is -1.48. The van der Waals surface area contributed by atoms with E-state index in [1.165, 1.54) is 11.6 Å². The van der Waals surface area contributed by atoms with Crippen LogP contribution >= 0.6 is 0 Å². The Morgan fingerprint density at radius 3 is 2.81 bits per heavy atom. The minimum atomic E-state index is -0.203. The van der Waals surface area contributed by atoms with Crippen molar-refractivity contribution in [2.24, 2.45) is 5.73 Å². The summed E-state index contributed by atoms with van der Waals surface area (Å²) in [6, 6.07) is 5.24. The molecule has 0 saturated heterocycles. The smallest absolute Gasteiger partial charge is 0.132 e. The molecule has 0 amide bonds. The van der Waals surface area contributed by atoms with Crippen LogP contribution < -0.4 is 5.73 Å². The van der Waals surface area contributed by atoms with Crippen LogP contribution in [0.2, 0.25) is 0 Å². The number of nitrogens with zero attached hydrogens (tertiary/aromatic N) is 1. The Labute approximate surface area is 94.3 Å². The van der Waals surface area contributed by atoms with Gasteiger partial charge in [0.25, 0.3) is 0 Å². The molecule has 0 aliphatic carbocycles. The van der Waals surface area contributed by atoms with Crippen LogP contribution in [0.15, 0.2) is 30.6 Å². The summed E-state index contributed by atoms with van der Waals surface area (Å²) in [5.41, 5.74) is 6.63. The molecule has 0 atom stereocenters. The van der Waals surface area contributed by atoms with Gasteiger partial charge in [0.05, 0.1) is 0 Å². The maximum atomic E-state index is 13.5. The molecule has 0 radical (unpaired) electrons. The van der Waals surface area contributed by atoms with Gasteiger partial charge in [-0.15, -0.1) is 0 Å². The van der Waals surface area contributed by atoms with E-state index in [-0.39, 0.29) is 5.82 Å². The number of aromatic nitrogens is 1. The quantitative estimate of drug-likeness (QED) is 0.801. The van der Waals surface area contributed by atoms with E-state index in [1.807, 2.05) is 12.1 Å². The minimum absolute atomic E-state index is 0.203. The first kappa shape index (κ1) is 11.0. The van der Waals surface area contributed by atoms with Crippen molar-refractivity contribution in [3.8, 4) is 0 Å². The summed E-state index contributed by atoms with van der Waals surface area (Å²) in [6.07, 6.45) is 6.27. The van der Waals surface area contributed by atoms with Gasteiger partial charge in [-0.25, -0.2) is 4.39 Å². The first-order valence-electron chi connectivity index (χ1n) is 5.54. The largest absolute Gasteiger partial charge is 0.330 e.